The highest BCUT2D eigenvalue weighted by Gasteiger charge is 2.31. The molecule has 0 aromatic heterocycles. The van der Waals surface area contributed by atoms with Crippen molar-refractivity contribution in [2.45, 2.75) is 25.6 Å². The SMILES string of the molecule is CCCN(CC1COCCN1)CC(F)(F)F. The van der Waals surface area contributed by atoms with Crippen molar-refractivity contribution in [3.63, 3.8) is 0 Å². The second-order valence-corrected chi connectivity index (χ2v) is 4.08. The standard InChI is InChI=1S/C10H19F3N2O/c1-2-4-15(8-10(11,12)13)6-9-7-16-5-3-14-9/h9,14H,2-8H2,1H3. The molecule has 96 valence electrons. The average molecular weight is 240 g/mol. The van der Waals surface area contributed by atoms with E-state index in [1.165, 1.54) is 4.90 Å². The van der Waals surface area contributed by atoms with Gasteiger partial charge in [0.15, 0.2) is 0 Å². The molecule has 0 radical (unpaired) electrons. The van der Waals surface area contributed by atoms with Gasteiger partial charge in [-0.25, -0.2) is 0 Å². The predicted molar refractivity (Wildman–Crippen MR) is 55.4 cm³/mol. The Balaban J connectivity index is 2.36. The molecule has 6 heteroatoms. The molecule has 1 unspecified atom stereocenters. The number of hydrogen-bond acceptors (Lipinski definition) is 3. The highest BCUT2D eigenvalue weighted by molar-refractivity contribution is 4.76. The summed E-state index contributed by atoms with van der Waals surface area (Å²) in [6, 6.07) is 0.0163. The molecule has 1 heterocycles. The van der Waals surface area contributed by atoms with Crippen LogP contribution < -0.4 is 5.32 Å². The molecule has 0 aromatic carbocycles. The first-order chi connectivity index (χ1) is 7.51. The molecule has 1 atom stereocenters. The second kappa shape index (κ2) is 6.42. The van der Waals surface area contributed by atoms with Gasteiger partial charge in [-0.2, -0.15) is 13.2 Å². The van der Waals surface area contributed by atoms with Crippen molar-refractivity contribution in [1.82, 2.24) is 10.2 Å². The Morgan fingerprint density at radius 2 is 2.19 bits per heavy atom. The Morgan fingerprint density at radius 3 is 2.69 bits per heavy atom. The minimum absolute atomic E-state index is 0.0163. The number of nitrogens with zero attached hydrogens (tertiary/aromatic N) is 1. The van der Waals surface area contributed by atoms with Crippen LogP contribution in [0.5, 0.6) is 0 Å². The Kier molecular flexibility index (Phi) is 5.51. The van der Waals surface area contributed by atoms with Crippen LogP contribution in [0.1, 0.15) is 13.3 Å². The van der Waals surface area contributed by atoms with Gasteiger partial charge in [0.1, 0.15) is 0 Å². The molecule has 0 saturated carbocycles. The fourth-order valence-corrected chi connectivity index (χ4v) is 1.85. The zero-order chi connectivity index (χ0) is 12.0. The monoisotopic (exact) mass is 240 g/mol. The van der Waals surface area contributed by atoms with Crippen molar-refractivity contribution >= 4 is 0 Å². The van der Waals surface area contributed by atoms with Crippen molar-refractivity contribution in [3.8, 4) is 0 Å². The Hall–Kier alpha value is -0.330. The van der Waals surface area contributed by atoms with Gasteiger partial charge in [0.05, 0.1) is 19.8 Å². The fraction of sp³-hybridized carbons (Fsp3) is 1.00. The van der Waals surface area contributed by atoms with Gasteiger partial charge in [-0.15, -0.1) is 0 Å². The van der Waals surface area contributed by atoms with Crippen LogP contribution in [0.4, 0.5) is 13.2 Å². The van der Waals surface area contributed by atoms with Crippen molar-refractivity contribution in [2.24, 2.45) is 0 Å². The summed E-state index contributed by atoms with van der Waals surface area (Å²) in [5, 5.41) is 3.16. The molecule has 0 aromatic rings. The molecule has 1 aliphatic heterocycles. The topological polar surface area (TPSA) is 24.5 Å². The Labute approximate surface area is 93.9 Å². The highest BCUT2D eigenvalue weighted by atomic mass is 19.4. The van der Waals surface area contributed by atoms with E-state index in [4.69, 9.17) is 4.74 Å². The largest absolute Gasteiger partial charge is 0.401 e. The second-order valence-electron chi connectivity index (χ2n) is 4.08. The lowest BCUT2D eigenvalue weighted by atomic mass is 10.2. The normalized spacial score (nSPS) is 22.7. The summed E-state index contributed by atoms with van der Waals surface area (Å²) in [6.07, 6.45) is -3.39. The summed E-state index contributed by atoms with van der Waals surface area (Å²) < 4.78 is 42.1. The van der Waals surface area contributed by atoms with E-state index in [-0.39, 0.29) is 6.04 Å². The summed E-state index contributed by atoms with van der Waals surface area (Å²) in [5.74, 6) is 0. The summed E-state index contributed by atoms with van der Waals surface area (Å²) in [6.45, 7) is 3.77. The maximum absolute atomic E-state index is 12.3. The number of halogens is 3. The van der Waals surface area contributed by atoms with Gasteiger partial charge in [0.2, 0.25) is 0 Å². The third-order valence-corrected chi connectivity index (χ3v) is 2.42. The van der Waals surface area contributed by atoms with Crippen molar-refractivity contribution < 1.29 is 17.9 Å². The number of alkyl halides is 3. The van der Waals surface area contributed by atoms with Crippen molar-refractivity contribution in [3.05, 3.63) is 0 Å². The molecule has 0 bridgehead atoms. The summed E-state index contributed by atoms with van der Waals surface area (Å²) in [4.78, 5) is 1.44. The van der Waals surface area contributed by atoms with Gasteiger partial charge in [0.25, 0.3) is 0 Å². The smallest absolute Gasteiger partial charge is 0.378 e. The van der Waals surface area contributed by atoms with E-state index in [9.17, 15) is 13.2 Å². The van der Waals surface area contributed by atoms with Crippen molar-refractivity contribution in [1.29, 1.82) is 0 Å². The van der Waals surface area contributed by atoms with Crippen LogP contribution in [-0.2, 0) is 4.74 Å². The minimum atomic E-state index is -4.12. The van der Waals surface area contributed by atoms with E-state index in [1.54, 1.807) is 0 Å². The van der Waals surface area contributed by atoms with E-state index in [0.29, 0.717) is 26.3 Å². The maximum Gasteiger partial charge on any atom is 0.401 e. The number of hydrogen-bond donors (Lipinski definition) is 1. The highest BCUT2D eigenvalue weighted by Crippen LogP contribution is 2.17. The summed E-state index contributed by atoms with van der Waals surface area (Å²) in [5.41, 5.74) is 0. The van der Waals surface area contributed by atoms with E-state index >= 15 is 0 Å². The van der Waals surface area contributed by atoms with E-state index in [1.807, 2.05) is 6.92 Å². The number of ether oxygens (including phenoxy) is 1. The minimum Gasteiger partial charge on any atom is -0.378 e. The zero-order valence-corrected chi connectivity index (χ0v) is 9.52. The lowest BCUT2D eigenvalue weighted by Gasteiger charge is -2.30. The van der Waals surface area contributed by atoms with E-state index < -0.39 is 12.7 Å². The van der Waals surface area contributed by atoms with Crippen LogP contribution in [0.3, 0.4) is 0 Å². The first-order valence-corrected chi connectivity index (χ1v) is 5.61. The number of morpholine rings is 1. The molecule has 1 rings (SSSR count). The van der Waals surface area contributed by atoms with Crippen LogP contribution in [0.2, 0.25) is 0 Å². The third kappa shape index (κ3) is 5.67. The number of nitrogens with one attached hydrogen (secondary N) is 1. The molecule has 0 spiro atoms. The van der Waals surface area contributed by atoms with Crippen LogP contribution in [0.15, 0.2) is 0 Å². The maximum atomic E-state index is 12.3. The summed E-state index contributed by atoms with van der Waals surface area (Å²) >= 11 is 0. The molecule has 1 fully saturated rings. The average Bonchev–Trinajstić information content (AvgIpc) is 2.17. The Bertz CT molecular complexity index is 193. The quantitative estimate of drug-likeness (QED) is 0.782. The van der Waals surface area contributed by atoms with Gasteiger partial charge >= 0.3 is 6.18 Å². The molecule has 1 saturated heterocycles. The molecular weight excluding hydrogens is 221 g/mol. The lowest BCUT2D eigenvalue weighted by molar-refractivity contribution is -0.147. The molecule has 0 aliphatic carbocycles. The van der Waals surface area contributed by atoms with Crippen LogP contribution in [-0.4, -0.2) is 56.5 Å². The lowest BCUT2D eigenvalue weighted by Crippen LogP contribution is -2.50. The zero-order valence-electron chi connectivity index (χ0n) is 9.52. The van der Waals surface area contributed by atoms with E-state index in [0.717, 1.165) is 13.0 Å². The van der Waals surface area contributed by atoms with Gasteiger partial charge in [-0.1, -0.05) is 6.92 Å². The fourth-order valence-electron chi connectivity index (χ4n) is 1.85. The van der Waals surface area contributed by atoms with Gasteiger partial charge in [0, 0.05) is 19.1 Å². The van der Waals surface area contributed by atoms with Crippen LogP contribution >= 0.6 is 0 Å². The molecule has 0 amide bonds. The van der Waals surface area contributed by atoms with Gasteiger partial charge in [-0.3, -0.25) is 4.90 Å². The molecule has 1 N–H and O–H groups in total. The number of rotatable bonds is 5. The van der Waals surface area contributed by atoms with Crippen LogP contribution in [0.25, 0.3) is 0 Å². The molecular formula is C10H19F3N2O. The van der Waals surface area contributed by atoms with Gasteiger partial charge in [-0.05, 0) is 13.0 Å². The Morgan fingerprint density at radius 1 is 1.44 bits per heavy atom. The summed E-state index contributed by atoms with van der Waals surface area (Å²) in [7, 11) is 0. The van der Waals surface area contributed by atoms with Crippen LogP contribution in [0, 0.1) is 0 Å². The first-order valence-electron chi connectivity index (χ1n) is 5.61. The predicted octanol–water partition coefficient (Wildman–Crippen LogP) is 1.25. The molecule has 1 aliphatic rings. The molecule has 16 heavy (non-hydrogen) atoms. The molecule has 3 nitrogen and oxygen atoms in total. The van der Waals surface area contributed by atoms with Gasteiger partial charge < -0.3 is 10.1 Å². The van der Waals surface area contributed by atoms with E-state index in [2.05, 4.69) is 5.32 Å². The third-order valence-electron chi connectivity index (χ3n) is 2.42. The first kappa shape index (κ1) is 13.7. The van der Waals surface area contributed by atoms with Crippen molar-refractivity contribution in [2.75, 3.05) is 39.4 Å².